The smallest absolute Gasteiger partial charge is 0.0966 e. The van der Waals surface area contributed by atoms with Gasteiger partial charge in [-0.3, -0.25) is 0 Å². The van der Waals surface area contributed by atoms with Gasteiger partial charge in [-0.25, -0.2) is 4.98 Å². The van der Waals surface area contributed by atoms with Crippen molar-refractivity contribution in [1.82, 2.24) is 10.3 Å². The van der Waals surface area contributed by atoms with Gasteiger partial charge in [0.05, 0.1) is 5.03 Å². The number of rotatable bonds is 8. The Morgan fingerprint density at radius 1 is 1.26 bits per heavy atom. The highest BCUT2D eigenvalue weighted by molar-refractivity contribution is 7.99. The van der Waals surface area contributed by atoms with Gasteiger partial charge >= 0.3 is 0 Å². The standard InChI is InChI=1S/C16H28N2S/c1-6-8-17-15(13(4)7-2)11-19-16-10-12(3)9-14(5)18-16/h9-10,13,15,17H,6-8,11H2,1-5H3. The van der Waals surface area contributed by atoms with E-state index >= 15 is 0 Å². The summed E-state index contributed by atoms with van der Waals surface area (Å²) < 4.78 is 0. The molecular formula is C16H28N2S. The van der Waals surface area contributed by atoms with Crippen LogP contribution in [0.1, 0.15) is 44.9 Å². The molecule has 0 saturated heterocycles. The van der Waals surface area contributed by atoms with Crippen LogP contribution in [0.3, 0.4) is 0 Å². The SMILES string of the molecule is CCCNC(CSc1cc(C)cc(C)n1)C(C)CC. The number of hydrogen-bond acceptors (Lipinski definition) is 3. The van der Waals surface area contributed by atoms with Crippen LogP contribution in [-0.4, -0.2) is 23.3 Å². The Bertz CT molecular complexity index is 359. The zero-order valence-corrected chi connectivity index (χ0v) is 13.8. The number of pyridine rings is 1. The molecule has 19 heavy (non-hydrogen) atoms. The van der Waals surface area contributed by atoms with E-state index in [9.17, 15) is 0 Å². The molecule has 1 aromatic heterocycles. The Morgan fingerprint density at radius 3 is 2.58 bits per heavy atom. The summed E-state index contributed by atoms with van der Waals surface area (Å²) in [6.45, 7) is 12.1. The fourth-order valence-electron chi connectivity index (χ4n) is 2.09. The molecule has 0 amide bonds. The van der Waals surface area contributed by atoms with E-state index < -0.39 is 0 Å². The minimum absolute atomic E-state index is 0.581. The van der Waals surface area contributed by atoms with Gasteiger partial charge < -0.3 is 5.32 Å². The highest BCUT2D eigenvalue weighted by Crippen LogP contribution is 2.21. The van der Waals surface area contributed by atoms with Gasteiger partial charge in [-0.1, -0.05) is 27.2 Å². The fraction of sp³-hybridized carbons (Fsp3) is 0.688. The van der Waals surface area contributed by atoms with Crippen molar-refractivity contribution >= 4 is 11.8 Å². The highest BCUT2D eigenvalue weighted by Gasteiger charge is 2.15. The third-order valence-electron chi connectivity index (χ3n) is 3.47. The van der Waals surface area contributed by atoms with E-state index in [4.69, 9.17) is 0 Å². The predicted octanol–water partition coefficient (Wildman–Crippen LogP) is 4.20. The lowest BCUT2D eigenvalue weighted by Gasteiger charge is -2.24. The molecule has 0 spiro atoms. The van der Waals surface area contributed by atoms with Gasteiger partial charge in [0, 0.05) is 17.5 Å². The molecule has 0 bridgehead atoms. The van der Waals surface area contributed by atoms with Crippen molar-refractivity contribution in [2.75, 3.05) is 12.3 Å². The maximum absolute atomic E-state index is 4.61. The second-order valence-corrected chi connectivity index (χ2v) is 6.42. The van der Waals surface area contributed by atoms with E-state index in [0.29, 0.717) is 12.0 Å². The summed E-state index contributed by atoms with van der Waals surface area (Å²) in [7, 11) is 0. The van der Waals surface area contributed by atoms with Crippen molar-refractivity contribution in [2.24, 2.45) is 5.92 Å². The van der Waals surface area contributed by atoms with Gasteiger partial charge in [-0.15, -0.1) is 11.8 Å². The molecule has 1 N–H and O–H groups in total. The van der Waals surface area contributed by atoms with Crippen LogP contribution in [0.2, 0.25) is 0 Å². The van der Waals surface area contributed by atoms with Gasteiger partial charge in [-0.05, 0) is 50.4 Å². The fourth-order valence-corrected chi connectivity index (χ4v) is 3.37. The van der Waals surface area contributed by atoms with Crippen molar-refractivity contribution in [3.8, 4) is 0 Å². The minimum Gasteiger partial charge on any atom is -0.313 e. The van der Waals surface area contributed by atoms with Crippen molar-refractivity contribution in [1.29, 1.82) is 0 Å². The molecule has 108 valence electrons. The molecule has 0 fully saturated rings. The Hall–Kier alpha value is -0.540. The van der Waals surface area contributed by atoms with Gasteiger partial charge in [0.2, 0.25) is 0 Å². The van der Waals surface area contributed by atoms with Crippen molar-refractivity contribution < 1.29 is 0 Å². The molecule has 2 unspecified atom stereocenters. The first-order chi connectivity index (χ1) is 9.06. The molecule has 2 atom stereocenters. The average molecular weight is 280 g/mol. The lowest BCUT2D eigenvalue weighted by atomic mass is 10.0. The zero-order valence-electron chi connectivity index (χ0n) is 13.0. The molecule has 0 aromatic carbocycles. The van der Waals surface area contributed by atoms with Gasteiger partial charge in [0.15, 0.2) is 0 Å². The Labute approximate surface area is 122 Å². The topological polar surface area (TPSA) is 24.9 Å². The van der Waals surface area contributed by atoms with E-state index in [1.165, 1.54) is 18.4 Å². The van der Waals surface area contributed by atoms with Crippen molar-refractivity contribution in [3.05, 3.63) is 23.4 Å². The van der Waals surface area contributed by atoms with Crippen LogP contribution in [0, 0.1) is 19.8 Å². The molecule has 0 saturated carbocycles. The van der Waals surface area contributed by atoms with Crippen LogP contribution in [-0.2, 0) is 0 Å². The first-order valence-corrected chi connectivity index (χ1v) is 8.36. The lowest BCUT2D eigenvalue weighted by Crippen LogP contribution is -2.37. The Morgan fingerprint density at radius 2 is 2.00 bits per heavy atom. The molecule has 0 aliphatic heterocycles. The number of aromatic nitrogens is 1. The number of nitrogens with zero attached hydrogens (tertiary/aromatic N) is 1. The first kappa shape index (κ1) is 16.5. The van der Waals surface area contributed by atoms with Crippen LogP contribution in [0.25, 0.3) is 0 Å². The largest absolute Gasteiger partial charge is 0.313 e. The number of nitrogens with one attached hydrogen (secondary N) is 1. The number of hydrogen-bond donors (Lipinski definition) is 1. The second kappa shape index (κ2) is 8.60. The maximum atomic E-state index is 4.61. The average Bonchev–Trinajstić information content (AvgIpc) is 2.37. The van der Waals surface area contributed by atoms with Crippen LogP contribution >= 0.6 is 11.8 Å². The lowest BCUT2D eigenvalue weighted by molar-refractivity contribution is 0.397. The molecule has 0 aliphatic carbocycles. The van der Waals surface area contributed by atoms with Crippen molar-refractivity contribution in [2.45, 2.75) is 58.5 Å². The summed E-state index contributed by atoms with van der Waals surface area (Å²) in [4.78, 5) is 4.61. The van der Waals surface area contributed by atoms with Crippen LogP contribution in [0.15, 0.2) is 17.2 Å². The van der Waals surface area contributed by atoms with Gasteiger partial charge in [0.25, 0.3) is 0 Å². The van der Waals surface area contributed by atoms with E-state index in [-0.39, 0.29) is 0 Å². The Kier molecular flexibility index (Phi) is 7.47. The highest BCUT2D eigenvalue weighted by atomic mass is 32.2. The van der Waals surface area contributed by atoms with Crippen LogP contribution < -0.4 is 5.32 Å². The monoisotopic (exact) mass is 280 g/mol. The molecule has 1 aromatic rings. The second-order valence-electron chi connectivity index (χ2n) is 5.38. The van der Waals surface area contributed by atoms with Gasteiger partial charge in [-0.2, -0.15) is 0 Å². The van der Waals surface area contributed by atoms with E-state index in [2.05, 4.69) is 57.1 Å². The normalized spacial score (nSPS) is 14.4. The number of aryl methyl sites for hydroxylation is 2. The summed E-state index contributed by atoms with van der Waals surface area (Å²) in [5, 5.41) is 4.83. The van der Waals surface area contributed by atoms with Crippen LogP contribution in [0.5, 0.6) is 0 Å². The predicted molar refractivity (Wildman–Crippen MR) is 86.0 cm³/mol. The zero-order chi connectivity index (χ0) is 14.3. The summed E-state index contributed by atoms with van der Waals surface area (Å²) in [6.07, 6.45) is 2.42. The molecule has 0 aliphatic rings. The number of thioether (sulfide) groups is 1. The minimum atomic E-state index is 0.581. The summed E-state index contributed by atoms with van der Waals surface area (Å²) in [6, 6.07) is 4.90. The quantitative estimate of drug-likeness (QED) is 0.722. The van der Waals surface area contributed by atoms with E-state index in [1.807, 2.05) is 11.8 Å². The van der Waals surface area contributed by atoms with E-state index in [1.54, 1.807) is 0 Å². The Balaban J connectivity index is 2.59. The molecule has 1 rings (SSSR count). The third-order valence-corrected chi connectivity index (χ3v) is 4.50. The van der Waals surface area contributed by atoms with Gasteiger partial charge in [0.1, 0.15) is 0 Å². The van der Waals surface area contributed by atoms with Crippen molar-refractivity contribution in [3.63, 3.8) is 0 Å². The first-order valence-electron chi connectivity index (χ1n) is 7.38. The molecule has 1 heterocycles. The van der Waals surface area contributed by atoms with Crippen LogP contribution in [0.4, 0.5) is 0 Å². The molecule has 2 nitrogen and oxygen atoms in total. The third kappa shape index (κ3) is 5.96. The summed E-state index contributed by atoms with van der Waals surface area (Å²) >= 11 is 1.88. The maximum Gasteiger partial charge on any atom is 0.0966 e. The molecular weight excluding hydrogens is 252 g/mol. The summed E-state index contributed by atoms with van der Waals surface area (Å²) in [5.41, 5.74) is 2.42. The molecule has 3 heteroatoms. The van der Waals surface area contributed by atoms with E-state index in [0.717, 1.165) is 23.0 Å². The molecule has 0 radical (unpaired) electrons. The summed E-state index contributed by atoms with van der Waals surface area (Å²) in [5.74, 6) is 1.82.